The number of hydrogen-bond acceptors (Lipinski definition) is 4. The third kappa shape index (κ3) is 2.88. The zero-order chi connectivity index (χ0) is 19.4. The summed E-state index contributed by atoms with van der Waals surface area (Å²) in [7, 11) is 0. The number of Topliss-reactive ketones (excluding diaryl/α,β-unsaturated/α-hetero) is 2. The Kier molecular flexibility index (Phi) is 5.12. The van der Waals surface area contributed by atoms with Crippen LogP contribution < -0.4 is 5.73 Å². The summed E-state index contributed by atoms with van der Waals surface area (Å²) < 4.78 is 0. The first-order valence-corrected chi connectivity index (χ1v) is 12.0. The van der Waals surface area contributed by atoms with Crippen LogP contribution in [0, 0.1) is 34.5 Å². The highest BCUT2D eigenvalue weighted by molar-refractivity contribution is 7.99. The van der Waals surface area contributed by atoms with Crippen molar-refractivity contribution in [3.05, 3.63) is 12.2 Å². The van der Waals surface area contributed by atoms with Crippen LogP contribution in [0.3, 0.4) is 0 Å². The third-order valence-electron chi connectivity index (χ3n) is 8.80. The molecule has 27 heavy (non-hydrogen) atoms. The molecule has 0 bridgehead atoms. The van der Waals surface area contributed by atoms with Gasteiger partial charge < -0.3 is 5.73 Å². The number of carbonyl (C=O) groups excluding carboxylic acids is 2. The SMILES string of the molecule is C=C1C(=O)[C@@H]2[C@@H](CC[C@]3(C)CCC[C@@H]23)[C@@]2(C)C(=O)CC(SCCCN)CC12. The van der Waals surface area contributed by atoms with E-state index in [2.05, 4.69) is 20.4 Å². The van der Waals surface area contributed by atoms with E-state index in [1.54, 1.807) is 0 Å². The molecule has 4 aliphatic carbocycles. The standard InChI is InChI=1S/C23H35NO2S/c1-14-18-12-15(27-11-5-10-24)13-19(25)23(18,3)17-7-9-22(2)8-4-6-16(22)20(17)21(14)26/h15-18,20H,1,4-13,24H2,2-3H3/t15?,16-,17+,18?,20-,22-,23+/m0/s1. The highest BCUT2D eigenvalue weighted by Crippen LogP contribution is 2.65. The van der Waals surface area contributed by atoms with Crippen molar-refractivity contribution in [3.8, 4) is 0 Å². The molecule has 4 heteroatoms. The maximum Gasteiger partial charge on any atom is 0.162 e. The van der Waals surface area contributed by atoms with Crippen molar-refractivity contribution in [2.45, 2.75) is 70.5 Å². The fourth-order valence-electron chi connectivity index (χ4n) is 7.19. The first-order valence-electron chi connectivity index (χ1n) is 10.9. The van der Waals surface area contributed by atoms with Gasteiger partial charge in [0.05, 0.1) is 0 Å². The largest absolute Gasteiger partial charge is 0.330 e. The number of rotatable bonds is 4. The van der Waals surface area contributed by atoms with Crippen LogP contribution in [0.25, 0.3) is 0 Å². The van der Waals surface area contributed by atoms with E-state index in [1.807, 2.05) is 11.8 Å². The maximum atomic E-state index is 13.5. The smallest absolute Gasteiger partial charge is 0.162 e. The Morgan fingerprint density at radius 2 is 1.96 bits per heavy atom. The molecule has 4 saturated carbocycles. The number of fused-ring (bicyclic) bond motifs is 5. The van der Waals surface area contributed by atoms with Gasteiger partial charge in [-0.3, -0.25) is 9.59 Å². The van der Waals surface area contributed by atoms with E-state index >= 15 is 0 Å². The summed E-state index contributed by atoms with van der Waals surface area (Å²) in [5.74, 6) is 2.50. The van der Waals surface area contributed by atoms with Crippen LogP contribution in [0.5, 0.6) is 0 Å². The highest BCUT2D eigenvalue weighted by atomic mass is 32.2. The van der Waals surface area contributed by atoms with Crippen molar-refractivity contribution in [1.29, 1.82) is 0 Å². The molecule has 0 aromatic heterocycles. The molecule has 4 aliphatic rings. The Bertz CT molecular complexity index is 661. The Labute approximate surface area is 168 Å². The van der Waals surface area contributed by atoms with Gasteiger partial charge in [0.1, 0.15) is 5.78 Å². The highest BCUT2D eigenvalue weighted by Gasteiger charge is 2.64. The van der Waals surface area contributed by atoms with E-state index in [9.17, 15) is 9.59 Å². The zero-order valence-electron chi connectivity index (χ0n) is 17.0. The molecular weight excluding hydrogens is 354 g/mol. The normalized spacial score (nSPS) is 46.8. The Morgan fingerprint density at radius 3 is 2.70 bits per heavy atom. The van der Waals surface area contributed by atoms with Crippen LogP contribution >= 0.6 is 11.8 Å². The van der Waals surface area contributed by atoms with Gasteiger partial charge in [0.25, 0.3) is 0 Å². The quantitative estimate of drug-likeness (QED) is 0.572. The lowest BCUT2D eigenvalue weighted by Crippen LogP contribution is -2.60. The minimum atomic E-state index is -0.371. The molecule has 0 aliphatic heterocycles. The Morgan fingerprint density at radius 1 is 1.19 bits per heavy atom. The first kappa shape index (κ1) is 19.7. The lowest BCUT2D eigenvalue weighted by molar-refractivity contribution is -0.155. The molecule has 0 aromatic carbocycles. The lowest BCUT2D eigenvalue weighted by Gasteiger charge is -2.59. The predicted molar refractivity (Wildman–Crippen MR) is 112 cm³/mol. The second-order valence-corrected chi connectivity index (χ2v) is 11.5. The van der Waals surface area contributed by atoms with Crippen molar-refractivity contribution in [1.82, 2.24) is 0 Å². The summed E-state index contributed by atoms with van der Waals surface area (Å²) in [5, 5.41) is 0.323. The van der Waals surface area contributed by atoms with Gasteiger partial charge in [-0.15, -0.1) is 0 Å². The molecule has 150 valence electrons. The van der Waals surface area contributed by atoms with Gasteiger partial charge >= 0.3 is 0 Å². The molecule has 0 heterocycles. The number of hydrogen-bond donors (Lipinski definition) is 1. The van der Waals surface area contributed by atoms with Gasteiger partial charge in [0.2, 0.25) is 0 Å². The molecule has 0 aromatic rings. The lowest BCUT2D eigenvalue weighted by atomic mass is 9.44. The van der Waals surface area contributed by atoms with Crippen molar-refractivity contribution in [3.63, 3.8) is 0 Å². The molecule has 4 fully saturated rings. The fourth-order valence-corrected chi connectivity index (χ4v) is 8.46. The van der Waals surface area contributed by atoms with Crippen molar-refractivity contribution in [2.75, 3.05) is 12.3 Å². The van der Waals surface area contributed by atoms with Gasteiger partial charge in [-0.25, -0.2) is 0 Å². The monoisotopic (exact) mass is 389 g/mol. The maximum absolute atomic E-state index is 13.5. The number of thioether (sulfide) groups is 1. The van der Waals surface area contributed by atoms with Crippen molar-refractivity contribution < 1.29 is 9.59 Å². The third-order valence-corrected chi connectivity index (χ3v) is 10.2. The van der Waals surface area contributed by atoms with E-state index in [-0.39, 0.29) is 23.2 Å². The molecule has 0 spiro atoms. The summed E-state index contributed by atoms with van der Waals surface area (Å²) in [5.41, 5.74) is 6.33. The Hall–Kier alpha value is -0.610. The second-order valence-electron chi connectivity index (χ2n) is 10.0. The van der Waals surface area contributed by atoms with E-state index in [0.717, 1.165) is 37.0 Å². The van der Waals surface area contributed by atoms with Gasteiger partial charge in [0, 0.05) is 28.9 Å². The van der Waals surface area contributed by atoms with Crippen LogP contribution in [0.1, 0.15) is 65.2 Å². The van der Waals surface area contributed by atoms with Crippen molar-refractivity contribution >= 4 is 23.3 Å². The molecular formula is C23H35NO2S. The first-order chi connectivity index (χ1) is 12.8. The molecule has 0 amide bonds. The van der Waals surface area contributed by atoms with Crippen LogP contribution in [-0.4, -0.2) is 29.1 Å². The van der Waals surface area contributed by atoms with Gasteiger partial charge in [0.15, 0.2) is 5.78 Å². The van der Waals surface area contributed by atoms with E-state index in [4.69, 9.17) is 5.73 Å². The summed E-state index contributed by atoms with van der Waals surface area (Å²) in [6, 6.07) is 0. The molecule has 2 unspecified atom stereocenters. The number of allylic oxidation sites excluding steroid dienone is 1. The molecule has 0 saturated heterocycles. The predicted octanol–water partition coefficient (Wildman–Crippen LogP) is 4.39. The molecule has 4 rings (SSSR count). The zero-order valence-corrected chi connectivity index (χ0v) is 17.8. The fraction of sp³-hybridized carbons (Fsp3) is 0.826. The van der Waals surface area contributed by atoms with Crippen molar-refractivity contribution in [2.24, 2.45) is 40.2 Å². The summed E-state index contributed by atoms with van der Waals surface area (Å²) in [6.07, 6.45) is 8.45. The minimum absolute atomic E-state index is 0.0467. The summed E-state index contributed by atoms with van der Waals surface area (Å²) >= 11 is 1.87. The number of ketones is 2. The molecule has 7 atom stereocenters. The minimum Gasteiger partial charge on any atom is -0.330 e. The number of carbonyl (C=O) groups is 2. The van der Waals surface area contributed by atoms with Crippen LogP contribution in [0.2, 0.25) is 0 Å². The van der Waals surface area contributed by atoms with Gasteiger partial charge in [-0.2, -0.15) is 11.8 Å². The molecule has 2 N–H and O–H groups in total. The molecule has 0 radical (unpaired) electrons. The second kappa shape index (κ2) is 7.02. The summed E-state index contributed by atoms with van der Waals surface area (Å²) in [4.78, 5) is 27.0. The van der Waals surface area contributed by atoms with Gasteiger partial charge in [-0.1, -0.05) is 26.8 Å². The average molecular weight is 390 g/mol. The van der Waals surface area contributed by atoms with E-state index in [1.165, 1.54) is 19.3 Å². The van der Waals surface area contributed by atoms with Crippen LogP contribution in [0.4, 0.5) is 0 Å². The van der Waals surface area contributed by atoms with Gasteiger partial charge in [-0.05, 0) is 73.6 Å². The van der Waals surface area contributed by atoms with E-state index < -0.39 is 0 Å². The number of nitrogens with two attached hydrogens (primary N) is 1. The molecule has 3 nitrogen and oxygen atoms in total. The summed E-state index contributed by atoms with van der Waals surface area (Å²) in [6.45, 7) is 9.56. The topological polar surface area (TPSA) is 60.2 Å². The van der Waals surface area contributed by atoms with Crippen LogP contribution in [-0.2, 0) is 9.59 Å². The average Bonchev–Trinajstić information content (AvgIpc) is 3.03. The van der Waals surface area contributed by atoms with Crippen LogP contribution in [0.15, 0.2) is 12.2 Å². The Balaban J connectivity index is 1.63. The van der Waals surface area contributed by atoms with E-state index in [0.29, 0.717) is 41.1 Å².